The summed E-state index contributed by atoms with van der Waals surface area (Å²) in [6.45, 7) is 1.17. The van der Waals surface area contributed by atoms with Crippen molar-refractivity contribution in [1.29, 1.82) is 0 Å². The van der Waals surface area contributed by atoms with Crippen LogP contribution in [0.5, 0.6) is 0 Å². The molecule has 1 N–H and O–H groups in total. The number of imidazole rings is 1. The van der Waals surface area contributed by atoms with Crippen LogP contribution in [0.4, 0.5) is 11.5 Å². The fourth-order valence-electron chi connectivity index (χ4n) is 3.10. The third-order valence-electron chi connectivity index (χ3n) is 4.42. The zero-order valence-corrected chi connectivity index (χ0v) is 13.9. The molecule has 1 atom stereocenters. The van der Waals surface area contributed by atoms with Crippen molar-refractivity contribution in [2.24, 2.45) is 13.0 Å². The number of rotatable bonds is 4. The second-order valence-corrected chi connectivity index (χ2v) is 6.36. The first-order valence-corrected chi connectivity index (χ1v) is 8.05. The van der Waals surface area contributed by atoms with Crippen LogP contribution in [0, 0.1) is 16.0 Å². The van der Waals surface area contributed by atoms with Crippen molar-refractivity contribution in [3.63, 3.8) is 0 Å². The number of halogens is 1. The van der Waals surface area contributed by atoms with E-state index in [-0.39, 0.29) is 16.6 Å². The van der Waals surface area contributed by atoms with Crippen molar-refractivity contribution in [3.05, 3.63) is 45.6 Å². The molecule has 1 saturated heterocycles. The number of anilines is 1. The number of aliphatic hydroxyl groups is 1. The van der Waals surface area contributed by atoms with E-state index in [4.69, 9.17) is 11.6 Å². The Hall–Kier alpha value is -2.19. The number of hydrogen-bond acceptors (Lipinski definition) is 6. The number of aryl methyl sites for hydroxylation is 1. The molecule has 0 bridgehead atoms. The van der Waals surface area contributed by atoms with Gasteiger partial charge in [-0.05, 0) is 18.8 Å². The fourth-order valence-corrected chi connectivity index (χ4v) is 3.25. The molecule has 1 fully saturated rings. The van der Waals surface area contributed by atoms with Crippen molar-refractivity contribution in [1.82, 2.24) is 14.5 Å². The van der Waals surface area contributed by atoms with Gasteiger partial charge in [0.05, 0.1) is 9.95 Å². The van der Waals surface area contributed by atoms with Gasteiger partial charge in [-0.1, -0.05) is 11.6 Å². The molecule has 9 heteroatoms. The Morgan fingerprint density at radius 1 is 1.42 bits per heavy atom. The molecule has 1 aliphatic rings. The quantitative estimate of drug-likeness (QED) is 0.670. The molecule has 8 nitrogen and oxygen atoms in total. The van der Waals surface area contributed by atoms with Gasteiger partial charge in [0, 0.05) is 44.8 Å². The van der Waals surface area contributed by atoms with E-state index in [2.05, 4.69) is 9.97 Å². The van der Waals surface area contributed by atoms with E-state index < -0.39 is 11.0 Å². The maximum absolute atomic E-state index is 11.2. The van der Waals surface area contributed by atoms with E-state index in [9.17, 15) is 15.2 Å². The Morgan fingerprint density at radius 3 is 2.71 bits per heavy atom. The molecule has 3 rings (SSSR count). The molecule has 1 aliphatic heterocycles. The van der Waals surface area contributed by atoms with Crippen molar-refractivity contribution in [2.45, 2.75) is 18.9 Å². The number of hydrogen-bond donors (Lipinski definition) is 1. The third kappa shape index (κ3) is 3.20. The maximum atomic E-state index is 11.2. The molecule has 0 aromatic carbocycles. The summed E-state index contributed by atoms with van der Waals surface area (Å²) >= 11 is 5.81. The normalized spacial score (nSPS) is 17.0. The van der Waals surface area contributed by atoms with Gasteiger partial charge in [-0.15, -0.1) is 0 Å². The van der Waals surface area contributed by atoms with Crippen LogP contribution in [-0.2, 0) is 7.05 Å². The van der Waals surface area contributed by atoms with Gasteiger partial charge >= 0.3 is 5.69 Å². The lowest BCUT2D eigenvalue weighted by molar-refractivity contribution is -0.384. The fraction of sp³-hybridized carbons (Fsp3) is 0.467. The summed E-state index contributed by atoms with van der Waals surface area (Å²) in [5.41, 5.74) is -0.0920. The zero-order chi connectivity index (χ0) is 17.3. The van der Waals surface area contributed by atoms with Gasteiger partial charge in [0.15, 0.2) is 0 Å². The van der Waals surface area contributed by atoms with Gasteiger partial charge in [-0.3, -0.25) is 10.1 Å². The SMILES string of the molecule is Cn1ccnc1C(O)C1CCN(c2ncc(Cl)cc2[N+](=O)[O-])CC1. The highest BCUT2D eigenvalue weighted by Gasteiger charge is 2.31. The summed E-state index contributed by atoms with van der Waals surface area (Å²) in [7, 11) is 1.85. The predicted octanol–water partition coefficient (Wildman–Crippen LogP) is 2.33. The third-order valence-corrected chi connectivity index (χ3v) is 4.63. The average Bonchev–Trinajstić information content (AvgIpc) is 3.00. The van der Waals surface area contributed by atoms with Gasteiger partial charge in [0.25, 0.3) is 0 Å². The van der Waals surface area contributed by atoms with E-state index in [1.165, 1.54) is 12.3 Å². The smallest absolute Gasteiger partial charge is 0.313 e. The Morgan fingerprint density at radius 2 is 2.12 bits per heavy atom. The molecule has 24 heavy (non-hydrogen) atoms. The molecule has 128 valence electrons. The number of aromatic nitrogens is 3. The number of aliphatic hydroxyl groups excluding tert-OH is 1. The minimum absolute atomic E-state index is 0.0636. The predicted molar refractivity (Wildman–Crippen MR) is 89.0 cm³/mol. The molecule has 0 aliphatic carbocycles. The second-order valence-electron chi connectivity index (χ2n) is 5.92. The second kappa shape index (κ2) is 6.74. The van der Waals surface area contributed by atoms with E-state index in [1.807, 2.05) is 16.5 Å². The summed E-state index contributed by atoms with van der Waals surface area (Å²) < 4.78 is 1.81. The van der Waals surface area contributed by atoms with Crippen molar-refractivity contribution in [3.8, 4) is 0 Å². The van der Waals surface area contributed by atoms with Gasteiger partial charge < -0.3 is 14.6 Å². The van der Waals surface area contributed by atoms with Crippen LogP contribution in [0.2, 0.25) is 5.02 Å². The van der Waals surface area contributed by atoms with E-state index in [0.29, 0.717) is 37.6 Å². The first kappa shape index (κ1) is 16.7. The van der Waals surface area contributed by atoms with E-state index in [1.54, 1.807) is 12.4 Å². The summed E-state index contributed by atoms with van der Waals surface area (Å²) in [6.07, 6.45) is 5.65. The van der Waals surface area contributed by atoms with Crippen molar-refractivity contribution < 1.29 is 10.0 Å². The largest absolute Gasteiger partial charge is 0.385 e. The standard InChI is InChI=1S/C15H18ClN5O3/c1-19-7-4-17-15(19)13(22)10-2-5-20(6-3-10)14-12(21(23)24)8-11(16)9-18-14/h4,7-10,13,22H,2-3,5-6H2,1H3. The van der Waals surface area contributed by atoms with Crippen molar-refractivity contribution in [2.75, 3.05) is 18.0 Å². The highest BCUT2D eigenvalue weighted by atomic mass is 35.5. The van der Waals surface area contributed by atoms with Gasteiger partial charge in [-0.2, -0.15) is 0 Å². The van der Waals surface area contributed by atoms with Crippen LogP contribution in [0.3, 0.4) is 0 Å². The minimum Gasteiger partial charge on any atom is -0.385 e. The van der Waals surface area contributed by atoms with Crippen LogP contribution in [-0.4, -0.2) is 37.7 Å². The Labute approximate surface area is 143 Å². The number of piperidine rings is 1. The topological polar surface area (TPSA) is 97.3 Å². The number of pyridine rings is 1. The van der Waals surface area contributed by atoms with Gasteiger partial charge in [-0.25, -0.2) is 9.97 Å². The Bertz CT molecular complexity index is 742. The first-order valence-electron chi connectivity index (χ1n) is 7.67. The minimum atomic E-state index is -0.639. The average molecular weight is 352 g/mol. The monoisotopic (exact) mass is 351 g/mol. The summed E-state index contributed by atoms with van der Waals surface area (Å²) in [5.74, 6) is 1.03. The molecule has 0 amide bonds. The van der Waals surface area contributed by atoms with Crippen LogP contribution >= 0.6 is 11.6 Å². The first-order chi connectivity index (χ1) is 11.5. The van der Waals surface area contributed by atoms with Crippen LogP contribution in [0.25, 0.3) is 0 Å². The van der Waals surface area contributed by atoms with Gasteiger partial charge in [0.1, 0.15) is 11.9 Å². The van der Waals surface area contributed by atoms with E-state index >= 15 is 0 Å². The lowest BCUT2D eigenvalue weighted by atomic mass is 9.90. The Kier molecular flexibility index (Phi) is 4.68. The lowest BCUT2D eigenvalue weighted by Gasteiger charge is -2.34. The number of nitrogens with zero attached hydrogens (tertiary/aromatic N) is 5. The Balaban J connectivity index is 1.72. The number of nitro groups is 1. The summed E-state index contributed by atoms with van der Waals surface area (Å²) in [6, 6.07) is 1.32. The summed E-state index contributed by atoms with van der Waals surface area (Å²) in [5, 5.41) is 22.0. The van der Waals surface area contributed by atoms with Crippen molar-refractivity contribution >= 4 is 23.1 Å². The zero-order valence-electron chi connectivity index (χ0n) is 13.2. The molecule has 0 saturated carbocycles. The molecule has 2 aromatic rings. The molecular formula is C15H18ClN5O3. The molecule has 3 heterocycles. The molecular weight excluding hydrogens is 334 g/mol. The van der Waals surface area contributed by atoms with Gasteiger partial charge in [0.2, 0.25) is 5.82 Å². The van der Waals surface area contributed by atoms with E-state index in [0.717, 1.165) is 0 Å². The molecule has 0 spiro atoms. The van der Waals surface area contributed by atoms with Crippen LogP contribution in [0.1, 0.15) is 24.8 Å². The molecule has 1 unspecified atom stereocenters. The highest BCUT2D eigenvalue weighted by Crippen LogP contribution is 2.34. The maximum Gasteiger partial charge on any atom is 0.313 e. The summed E-state index contributed by atoms with van der Waals surface area (Å²) in [4.78, 5) is 20.9. The van der Waals surface area contributed by atoms with Crippen LogP contribution in [0.15, 0.2) is 24.7 Å². The highest BCUT2D eigenvalue weighted by molar-refractivity contribution is 6.30. The molecule has 2 aromatic heterocycles. The van der Waals surface area contributed by atoms with Crippen LogP contribution < -0.4 is 4.90 Å². The molecule has 0 radical (unpaired) electrons. The lowest BCUT2D eigenvalue weighted by Crippen LogP contribution is -2.37.